The van der Waals surface area contributed by atoms with E-state index in [4.69, 9.17) is 0 Å². The van der Waals surface area contributed by atoms with Gasteiger partial charge in [0.1, 0.15) is 0 Å². The summed E-state index contributed by atoms with van der Waals surface area (Å²) < 4.78 is 0. The SMILES string of the molecule is CCCNC1CCCCC1CC(C)CCC. The molecule has 1 aliphatic rings. The Hall–Kier alpha value is -0.0400. The predicted molar refractivity (Wildman–Crippen MR) is 72.7 cm³/mol. The van der Waals surface area contributed by atoms with Gasteiger partial charge in [-0.25, -0.2) is 0 Å². The van der Waals surface area contributed by atoms with Crippen LogP contribution in [-0.2, 0) is 0 Å². The van der Waals surface area contributed by atoms with Gasteiger partial charge in [-0.05, 0) is 44.1 Å². The van der Waals surface area contributed by atoms with Crippen LogP contribution in [0.1, 0.15) is 72.1 Å². The summed E-state index contributed by atoms with van der Waals surface area (Å²) in [6.45, 7) is 8.23. The molecule has 1 heteroatoms. The smallest absolute Gasteiger partial charge is 0.00954 e. The van der Waals surface area contributed by atoms with Crippen molar-refractivity contribution in [3.63, 3.8) is 0 Å². The fraction of sp³-hybridized carbons (Fsp3) is 1.00. The van der Waals surface area contributed by atoms with Crippen molar-refractivity contribution in [2.24, 2.45) is 11.8 Å². The highest BCUT2D eigenvalue weighted by atomic mass is 14.9. The molecule has 0 aliphatic heterocycles. The molecule has 1 nitrogen and oxygen atoms in total. The third-order valence-electron chi connectivity index (χ3n) is 4.05. The van der Waals surface area contributed by atoms with E-state index in [9.17, 15) is 0 Å². The van der Waals surface area contributed by atoms with Crippen molar-refractivity contribution in [2.75, 3.05) is 6.54 Å². The normalized spacial score (nSPS) is 27.9. The minimum absolute atomic E-state index is 0.827. The summed E-state index contributed by atoms with van der Waals surface area (Å²) in [5.74, 6) is 1.89. The van der Waals surface area contributed by atoms with E-state index < -0.39 is 0 Å². The fourth-order valence-electron chi connectivity index (χ4n) is 3.22. The highest BCUT2D eigenvalue weighted by molar-refractivity contribution is 4.81. The molecular weight excluding hydrogens is 194 g/mol. The van der Waals surface area contributed by atoms with Gasteiger partial charge in [0, 0.05) is 6.04 Å². The summed E-state index contributed by atoms with van der Waals surface area (Å²) in [5.41, 5.74) is 0. The van der Waals surface area contributed by atoms with Gasteiger partial charge in [-0.1, -0.05) is 46.5 Å². The molecule has 3 atom stereocenters. The number of nitrogens with one attached hydrogen (secondary N) is 1. The zero-order chi connectivity index (χ0) is 11.8. The van der Waals surface area contributed by atoms with Crippen LogP contribution in [0.4, 0.5) is 0 Å². The van der Waals surface area contributed by atoms with Crippen LogP contribution in [-0.4, -0.2) is 12.6 Å². The monoisotopic (exact) mass is 225 g/mol. The van der Waals surface area contributed by atoms with E-state index >= 15 is 0 Å². The van der Waals surface area contributed by atoms with Crippen molar-refractivity contribution in [1.29, 1.82) is 0 Å². The van der Waals surface area contributed by atoms with Gasteiger partial charge in [-0.3, -0.25) is 0 Å². The van der Waals surface area contributed by atoms with Crippen LogP contribution in [0.5, 0.6) is 0 Å². The van der Waals surface area contributed by atoms with Crippen LogP contribution in [0.25, 0.3) is 0 Å². The van der Waals surface area contributed by atoms with Gasteiger partial charge in [-0.15, -0.1) is 0 Å². The first-order valence-electron chi connectivity index (χ1n) is 7.51. The van der Waals surface area contributed by atoms with Crippen molar-refractivity contribution in [3.8, 4) is 0 Å². The first-order valence-corrected chi connectivity index (χ1v) is 7.51. The first kappa shape index (κ1) is 14.0. The predicted octanol–water partition coefficient (Wildman–Crippen LogP) is 4.37. The van der Waals surface area contributed by atoms with Gasteiger partial charge in [-0.2, -0.15) is 0 Å². The highest BCUT2D eigenvalue weighted by Crippen LogP contribution is 2.30. The summed E-state index contributed by atoms with van der Waals surface area (Å²) >= 11 is 0. The molecule has 0 heterocycles. The summed E-state index contributed by atoms with van der Waals surface area (Å²) in [5, 5.41) is 3.77. The summed E-state index contributed by atoms with van der Waals surface area (Å²) in [4.78, 5) is 0. The molecule has 0 aromatic carbocycles. The number of hydrogen-bond acceptors (Lipinski definition) is 1. The lowest BCUT2D eigenvalue weighted by Crippen LogP contribution is -2.39. The molecule has 0 saturated heterocycles. The third kappa shape index (κ3) is 4.86. The Morgan fingerprint density at radius 2 is 1.88 bits per heavy atom. The molecule has 0 spiro atoms. The zero-order valence-electron chi connectivity index (χ0n) is 11.6. The van der Waals surface area contributed by atoms with Gasteiger partial charge in [0.15, 0.2) is 0 Å². The second-order valence-corrected chi connectivity index (χ2v) is 5.73. The Morgan fingerprint density at radius 3 is 2.56 bits per heavy atom. The zero-order valence-corrected chi connectivity index (χ0v) is 11.6. The van der Waals surface area contributed by atoms with Crippen LogP contribution >= 0.6 is 0 Å². The maximum Gasteiger partial charge on any atom is 0.00954 e. The van der Waals surface area contributed by atoms with Gasteiger partial charge < -0.3 is 5.32 Å². The van der Waals surface area contributed by atoms with E-state index in [1.54, 1.807) is 0 Å². The van der Waals surface area contributed by atoms with Crippen molar-refractivity contribution >= 4 is 0 Å². The fourth-order valence-corrected chi connectivity index (χ4v) is 3.22. The van der Waals surface area contributed by atoms with Crippen LogP contribution in [0.15, 0.2) is 0 Å². The molecule has 1 N–H and O–H groups in total. The van der Waals surface area contributed by atoms with E-state index in [0.29, 0.717) is 0 Å². The largest absolute Gasteiger partial charge is 0.314 e. The Bertz CT molecular complexity index is 167. The maximum absolute atomic E-state index is 3.77. The molecule has 0 bridgehead atoms. The Kier molecular flexibility index (Phi) is 7.11. The van der Waals surface area contributed by atoms with Crippen LogP contribution in [0, 0.1) is 11.8 Å². The molecule has 1 aliphatic carbocycles. The lowest BCUT2D eigenvalue weighted by Gasteiger charge is -2.34. The first-order chi connectivity index (χ1) is 7.77. The molecule has 0 aromatic heterocycles. The van der Waals surface area contributed by atoms with Gasteiger partial charge >= 0.3 is 0 Å². The average Bonchev–Trinajstić information content (AvgIpc) is 2.28. The van der Waals surface area contributed by atoms with E-state index in [1.165, 1.54) is 57.9 Å². The van der Waals surface area contributed by atoms with E-state index in [0.717, 1.165) is 17.9 Å². The van der Waals surface area contributed by atoms with Crippen molar-refractivity contribution in [1.82, 2.24) is 5.32 Å². The molecular formula is C15H31N. The lowest BCUT2D eigenvalue weighted by molar-refractivity contribution is 0.220. The van der Waals surface area contributed by atoms with Gasteiger partial charge in [0.05, 0.1) is 0 Å². The van der Waals surface area contributed by atoms with Crippen LogP contribution in [0.3, 0.4) is 0 Å². The summed E-state index contributed by atoms with van der Waals surface area (Å²) in [7, 11) is 0. The van der Waals surface area contributed by atoms with Gasteiger partial charge in [0.25, 0.3) is 0 Å². The third-order valence-corrected chi connectivity index (χ3v) is 4.05. The summed E-state index contributed by atoms with van der Waals surface area (Å²) in [6.07, 6.45) is 11.3. The molecule has 1 saturated carbocycles. The van der Waals surface area contributed by atoms with Crippen molar-refractivity contribution < 1.29 is 0 Å². The molecule has 0 amide bonds. The van der Waals surface area contributed by atoms with Crippen LogP contribution in [0.2, 0.25) is 0 Å². The van der Waals surface area contributed by atoms with Crippen molar-refractivity contribution in [2.45, 2.75) is 78.2 Å². The molecule has 0 aromatic rings. The standard InChI is InChI=1S/C15H31N/c1-4-8-13(3)12-14-9-6-7-10-15(14)16-11-5-2/h13-16H,4-12H2,1-3H3. The maximum atomic E-state index is 3.77. The molecule has 96 valence electrons. The quantitative estimate of drug-likeness (QED) is 0.678. The second-order valence-electron chi connectivity index (χ2n) is 5.73. The van der Waals surface area contributed by atoms with E-state index in [2.05, 4.69) is 26.1 Å². The van der Waals surface area contributed by atoms with E-state index in [-0.39, 0.29) is 0 Å². The molecule has 1 fully saturated rings. The molecule has 1 rings (SSSR count). The topological polar surface area (TPSA) is 12.0 Å². The molecule has 0 radical (unpaired) electrons. The highest BCUT2D eigenvalue weighted by Gasteiger charge is 2.25. The Labute approximate surface area is 102 Å². The second kappa shape index (κ2) is 8.11. The number of hydrogen-bond donors (Lipinski definition) is 1. The molecule has 16 heavy (non-hydrogen) atoms. The van der Waals surface area contributed by atoms with Gasteiger partial charge in [0.2, 0.25) is 0 Å². The summed E-state index contributed by atoms with van der Waals surface area (Å²) in [6, 6.07) is 0.827. The number of rotatable bonds is 7. The minimum atomic E-state index is 0.827. The average molecular weight is 225 g/mol. The van der Waals surface area contributed by atoms with E-state index in [1.807, 2.05) is 0 Å². The Morgan fingerprint density at radius 1 is 1.12 bits per heavy atom. The van der Waals surface area contributed by atoms with Crippen molar-refractivity contribution in [3.05, 3.63) is 0 Å². The minimum Gasteiger partial charge on any atom is -0.314 e. The van der Waals surface area contributed by atoms with Crippen LogP contribution < -0.4 is 5.32 Å². The molecule has 3 unspecified atom stereocenters. The Balaban J connectivity index is 2.33. The lowest BCUT2D eigenvalue weighted by atomic mass is 9.78.